The smallest absolute Gasteiger partial charge is 0.391 e. The summed E-state index contributed by atoms with van der Waals surface area (Å²) < 4.78 is 16.2. The van der Waals surface area contributed by atoms with Gasteiger partial charge >= 0.3 is 7.60 Å². The van der Waals surface area contributed by atoms with Gasteiger partial charge in [-0.3, -0.25) is 4.57 Å². The summed E-state index contributed by atoms with van der Waals surface area (Å²) in [6, 6.07) is 7.16. The van der Waals surface area contributed by atoms with Gasteiger partial charge < -0.3 is 19.2 Å². The van der Waals surface area contributed by atoms with Crippen molar-refractivity contribution >= 4 is 24.1 Å². The Labute approximate surface area is 108 Å². The minimum Gasteiger partial charge on any atom is -0.456 e. The monoisotopic (exact) mass is 278 g/mol. The van der Waals surface area contributed by atoms with E-state index in [-0.39, 0.29) is 11.1 Å². The van der Waals surface area contributed by atoms with Crippen LogP contribution in [0.15, 0.2) is 34.9 Å². The second-order valence-corrected chi connectivity index (χ2v) is 5.73. The van der Waals surface area contributed by atoms with Crippen molar-refractivity contribution in [3.05, 3.63) is 36.1 Å². The molecular weight excluding hydrogens is 267 g/mol. The number of para-hydroxylation sites is 1. The molecule has 0 bridgehead atoms. The van der Waals surface area contributed by atoms with Crippen LogP contribution in [0.5, 0.6) is 0 Å². The molecule has 0 fully saturated rings. The molecule has 0 aliphatic rings. The number of aromatic amines is 1. The molecule has 7 heteroatoms. The van der Waals surface area contributed by atoms with Crippen LogP contribution >= 0.6 is 7.60 Å². The number of imidazole rings is 1. The third-order valence-electron chi connectivity index (χ3n) is 2.88. The summed E-state index contributed by atoms with van der Waals surface area (Å²) in [5.74, 6) is 0.386. The third kappa shape index (κ3) is 2.00. The molecule has 0 saturated carbocycles. The number of fused-ring (bicyclic) bond motifs is 1. The van der Waals surface area contributed by atoms with Crippen molar-refractivity contribution in [3.8, 4) is 11.4 Å². The Morgan fingerprint density at radius 2 is 2.11 bits per heavy atom. The van der Waals surface area contributed by atoms with Gasteiger partial charge in [0.1, 0.15) is 5.82 Å². The van der Waals surface area contributed by atoms with Gasteiger partial charge in [0.05, 0.1) is 22.9 Å². The standard InChI is InChI=1S/C12H11N2O4P/c1-7-3-2-4-9-10(7)14-11(13-9)8-5-6-18-12(8)19(15,16)17/h2-6H,1H3,(H,13,14)(H2,15,16,17). The van der Waals surface area contributed by atoms with E-state index in [1.54, 1.807) is 0 Å². The van der Waals surface area contributed by atoms with Crippen molar-refractivity contribution in [1.82, 2.24) is 9.97 Å². The molecule has 98 valence electrons. The summed E-state index contributed by atoms with van der Waals surface area (Å²) in [4.78, 5) is 25.9. The third-order valence-corrected chi connectivity index (χ3v) is 3.75. The fraction of sp³-hybridized carbons (Fsp3) is 0.0833. The first kappa shape index (κ1) is 12.2. The lowest BCUT2D eigenvalue weighted by atomic mass is 10.2. The van der Waals surface area contributed by atoms with Crippen LogP contribution in [-0.4, -0.2) is 19.8 Å². The van der Waals surface area contributed by atoms with Gasteiger partial charge in [-0.15, -0.1) is 0 Å². The highest BCUT2D eigenvalue weighted by molar-refractivity contribution is 7.60. The zero-order valence-electron chi connectivity index (χ0n) is 9.99. The number of H-pyrrole nitrogens is 1. The van der Waals surface area contributed by atoms with E-state index in [9.17, 15) is 14.4 Å². The summed E-state index contributed by atoms with van der Waals surface area (Å²) in [6.07, 6.45) is 1.24. The molecule has 0 amide bonds. The van der Waals surface area contributed by atoms with Crippen molar-refractivity contribution in [2.75, 3.05) is 0 Å². The fourth-order valence-corrected chi connectivity index (χ4v) is 2.70. The van der Waals surface area contributed by atoms with Gasteiger partial charge in [-0.05, 0) is 24.6 Å². The Morgan fingerprint density at radius 1 is 1.32 bits per heavy atom. The zero-order valence-corrected chi connectivity index (χ0v) is 10.9. The molecule has 2 heterocycles. The summed E-state index contributed by atoms with van der Waals surface area (Å²) >= 11 is 0. The Morgan fingerprint density at radius 3 is 2.79 bits per heavy atom. The van der Waals surface area contributed by atoms with E-state index >= 15 is 0 Å². The summed E-state index contributed by atoms with van der Waals surface area (Å²) in [6.45, 7) is 1.92. The largest absolute Gasteiger partial charge is 0.456 e. The number of rotatable bonds is 2. The Hall–Kier alpha value is -1.88. The van der Waals surface area contributed by atoms with Crippen molar-refractivity contribution < 1.29 is 18.8 Å². The van der Waals surface area contributed by atoms with Crippen molar-refractivity contribution in [2.24, 2.45) is 0 Å². The van der Waals surface area contributed by atoms with Crippen molar-refractivity contribution in [2.45, 2.75) is 6.92 Å². The van der Waals surface area contributed by atoms with Gasteiger partial charge in [-0.2, -0.15) is 0 Å². The quantitative estimate of drug-likeness (QED) is 0.622. The van der Waals surface area contributed by atoms with Crippen LogP contribution in [0.3, 0.4) is 0 Å². The Kier molecular flexibility index (Phi) is 2.60. The number of aryl methyl sites for hydroxylation is 1. The van der Waals surface area contributed by atoms with E-state index in [1.165, 1.54) is 12.3 Å². The van der Waals surface area contributed by atoms with E-state index in [4.69, 9.17) is 4.42 Å². The SMILES string of the molecule is Cc1cccc2[nH]c(-c3ccoc3P(=O)(O)O)nc12. The molecule has 0 aliphatic heterocycles. The normalized spacial score (nSPS) is 12.2. The molecule has 6 nitrogen and oxygen atoms in total. The number of hydrogen-bond acceptors (Lipinski definition) is 3. The molecule has 0 unspecified atom stereocenters. The Bertz CT molecular complexity index is 799. The van der Waals surface area contributed by atoms with Gasteiger partial charge in [0.2, 0.25) is 5.50 Å². The van der Waals surface area contributed by atoms with Gasteiger partial charge in [-0.25, -0.2) is 4.98 Å². The van der Waals surface area contributed by atoms with Gasteiger partial charge in [0.15, 0.2) is 0 Å². The number of nitrogens with zero attached hydrogens (tertiary/aromatic N) is 1. The predicted octanol–water partition coefficient (Wildman–Crippen LogP) is 1.93. The highest BCUT2D eigenvalue weighted by atomic mass is 31.2. The number of nitrogens with one attached hydrogen (secondary N) is 1. The fourth-order valence-electron chi connectivity index (χ4n) is 2.01. The molecule has 2 aromatic heterocycles. The summed E-state index contributed by atoms with van der Waals surface area (Å²) in [5.41, 5.74) is 2.48. The van der Waals surface area contributed by atoms with Crippen LogP contribution in [0.4, 0.5) is 0 Å². The first-order valence-electron chi connectivity index (χ1n) is 5.56. The van der Waals surface area contributed by atoms with E-state index in [0.29, 0.717) is 5.82 Å². The molecule has 3 rings (SSSR count). The average Bonchev–Trinajstić information content (AvgIpc) is 2.94. The highest BCUT2D eigenvalue weighted by Crippen LogP contribution is 2.38. The molecule has 0 aliphatic carbocycles. The number of hydrogen-bond donors (Lipinski definition) is 3. The van der Waals surface area contributed by atoms with E-state index < -0.39 is 7.60 Å². The molecule has 1 aromatic carbocycles. The van der Waals surface area contributed by atoms with Crippen LogP contribution in [0, 0.1) is 6.92 Å². The maximum atomic E-state index is 11.3. The van der Waals surface area contributed by atoms with Crippen molar-refractivity contribution in [3.63, 3.8) is 0 Å². The predicted molar refractivity (Wildman–Crippen MR) is 70.2 cm³/mol. The molecule has 0 spiro atoms. The molecule has 3 aromatic rings. The molecule has 0 radical (unpaired) electrons. The van der Waals surface area contributed by atoms with Crippen LogP contribution in [0.1, 0.15) is 5.56 Å². The second kappa shape index (κ2) is 4.06. The number of aromatic nitrogens is 2. The topological polar surface area (TPSA) is 99.4 Å². The lowest BCUT2D eigenvalue weighted by molar-refractivity contribution is 0.377. The van der Waals surface area contributed by atoms with Crippen LogP contribution < -0.4 is 5.50 Å². The van der Waals surface area contributed by atoms with Gasteiger partial charge in [0, 0.05) is 0 Å². The van der Waals surface area contributed by atoms with Crippen LogP contribution in [0.25, 0.3) is 22.4 Å². The van der Waals surface area contributed by atoms with Gasteiger partial charge in [-0.1, -0.05) is 12.1 Å². The average molecular weight is 278 g/mol. The minimum absolute atomic E-state index is 0.281. The van der Waals surface area contributed by atoms with Crippen LogP contribution in [-0.2, 0) is 4.57 Å². The molecule has 0 atom stereocenters. The number of furan rings is 1. The Balaban J connectivity index is 2.23. The van der Waals surface area contributed by atoms with Crippen molar-refractivity contribution in [1.29, 1.82) is 0 Å². The van der Waals surface area contributed by atoms with Gasteiger partial charge in [0.25, 0.3) is 0 Å². The zero-order chi connectivity index (χ0) is 13.6. The maximum Gasteiger partial charge on any atom is 0.391 e. The van der Waals surface area contributed by atoms with Crippen LogP contribution in [0.2, 0.25) is 0 Å². The lowest BCUT2D eigenvalue weighted by Crippen LogP contribution is -2.04. The first-order valence-corrected chi connectivity index (χ1v) is 7.17. The molecule has 0 saturated heterocycles. The maximum absolute atomic E-state index is 11.3. The molecule has 3 N–H and O–H groups in total. The molecule has 19 heavy (non-hydrogen) atoms. The lowest BCUT2D eigenvalue weighted by Gasteiger charge is -2.01. The summed E-state index contributed by atoms with van der Waals surface area (Å²) in [7, 11) is -4.46. The molecular formula is C12H11N2O4P. The van der Waals surface area contributed by atoms with E-state index in [2.05, 4.69) is 9.97 Å². The first-order chi connectivity index (χ1) is 8.97. The second-order valence-electron chi connectivity index (χ2n) is 4.24. The summed E-state index contributed by atoms with van der Waals surface area (Å²) in [5, 5.41) is 0. The number of benzene rings is 1. The minimum atomic E-state index is -4.46. The highest BCUT2D eigenvalue weighted by Gasteiger charge is 2.27. The van der Waals surface area contributed by atoms with E-state index in [1.807, 2.05) is 25.1 Å². The van der Waals surface area contributed by atoms with E-state index in [0.717, 1.165) is 16.6 Å².